The van der Waals surface area contributed by atoms with E-state index < -0.39 is 0 Å². The summed E-state index contributed by atoms with van der Waals surface area (Å²) in [4.78, 5) is 0. The summed E-state index contributed by atoms with van der Waals surface area (Å²) >= 11 is 0. The van der Waals surface area contributed by atoms with Crippen LogP contribution in [0.15, 0.2) is 23.5 Å². The molecule has 0 N–H and O–H groups in total. The largest absolute Gasteiger partial charge is 0.472 e. The van der Waals surface area contributed by atoms with E-state index in [0.29, 0.717) is 5.92 Å². The Morgan fingerprint density at radius 1 is 1.47 bits per heavy atom. The summed E-state index contributed by atoms with van der Waals surface area (Å²) in [6.45, 7) is 7.31. The molecule has 1 heterocycles. The first-order valence-electron chi connectivity index (χ1n) is 6.92. The molecule has 2 heteroatoms. The molecule has 2 aliphatic rings. The first kappa shape index (κ1) is 12.7. The average molecular weight is 236 g/mol. The Morgan fingerprint density at radius 3 is 3.00 bits per heavy atom. The lowest BCUT2D eigenvalue weighted by Crippen LogP contribution is -2.31. The molecule has 0 spiro atoms. The highest BCUT2D eigenvalue weighted by Gasteiger charge is 2.34. The highest BCUT2D eigenvalue weighted by atomic mass is 16.7. The zero-order valence-electron chi connectivity index (χ0n) is 11.2. The Bertz CT molecular complexity index is 317. The summed E-state index contributed by atoms with van der Waals surface area (Å²) in [7, 11) is 0. The molecule has 2 rings (SSSR count). The lowest BCUT2D eigenvalue weighted by Gasteiger charge is -2.38. The highest BCUT2D eigenvalue weighted by molar-refractivity contribution is 5.35. The molecule has 0 radical (unpaired) electrons. The molecule has 1 saturated carbocycles. The third kappa shape index (κ3) is 2.74. The normalized spacial score (nSPS) is 35.1. The van der Waals surface area contributed by atoms with Crippen LogP contribution in [0.3, 0.4) is 0 Å². The van der Waals surface area contributed by atoms with E-state index in [4.69, 9.17) is 9.47 Å². The van der Waals surface area contributed by atoms with Crippen LogP contribution in [0.1, 0.15) is 46.5 Å². The monoisotopic (exact) mass is 236 g/mol. The summed E-state index contributed by atoms with van der Waals surface area (Å²) in [5.41, 5.74) is 2.94. The summed E-state index contributed by atoms with van der Waals surface area (Å²) < 4.78 is 11.3. The maximum Gasteiger partial charge on any atom is 0.199 e. The summed E-state index contributed by atoms with van der Waals surface area (Å²) in [5, 5.41) is 0. The van der Waals surface area contributed by atoms with Crippen LogP contribution in [0, 0.1) is 11.8 Å². The van der Waals surface area contributed by atoms with E-state index in [-0.39, 0.29) is 6.29 Å². The van der Waals surface area contributed by atoms with Gasteiger partial charge in [-0.1, -0.05) is 19.9 Å². The van der Waals surface area contributed by atoms with Crippen molar-refractivity contribution in [2.24, 2.45) is 11.8 Å². The van der Waals surface area contributed by atoms with Gasteiger partial charge < -0.3 is 9.47 Å². The highest BCUT2D eigenvalue weighted by Crippen LogP contribution is 2.43. The van der Waals surface area contributed by atoms with Crippen molar-refractivity contribution in [1.29, 1.82) is 0 Å². The number of hydrogen-bond donors (Lipinski definition) is 0. The average Bonchev–Trinajstić information content (AvgIpc) is 2.34. The van der Waals surface area contributed by atoms with Crippen molar-refractivity contribution in [3.63, 3.8) is 0 Å². The second-order valence-electron chi connectivity index (χ2n) is 5.09. The first-order valence-corrected chi connectivity index (χ1v) is 6.92. The van der Waals surface area contributed by atoms with Gasteiger partial charge in [0.05, 0.1) is 6.26 Å². The molecule has 17 heavy (non-hydrogen) atoms. The zero-order valence-corrected chi connectivity index (χ0v) is 11.2. The molecular formula is C15H24O2. The first-order chi connectivity index (χ1) is 8.26. The van der Waals surface area contributed by atoms with E-state index in [1.807, 2.05) is 13.2 Å². The van der Waals surface area contributed by atoms with Gasteiger partial charge in [0.1, 0.15) is 0 Å². The molecule has 0 saturated heterocycles. The van der Waals surface area contributed by atoms with Crippen molar-refractivity contribution < 1.29 is 9.47 Å². The molecular weight excluding hydrogens is 212 g/mol. The van der Waals surface area contributed by atoms with Crippen molar-refractivity contribution in [1.82, 2.24) is 0 Å². The molecule has 2 nitrogen and oxygen atoms in total. The molecule has 0 aromatic heterocycles. The fourth-order valence-electron chi connectivity index (χ4n) is 2.97. The second-order valence-corrected chi connectivity index (χ2v) is 5.09. The number of ether oxygens (including phenoxy) is 2. The van der Waals surface area contributed by atoms with Crippen LogP contribution in [0.4, 0.5) is 0 Å². The molecule has 1 fully saturated rings. The molecule has 0 unspecified atom stereocenters. The molecule has 0 amide bonds. The van der Waals surface area contributed by atoms with Gasteiger partial charge in [-0.2, -0.15) is 0 Å². The van der Waals surface area contributed by atoms with Gasteiger partial charge >= 0.3 is 0 Å². The topological polar surface area (TPSA) is 18.5 Å². The van der Waals surface area contributed by atoms with Gasteiger partial charge in [0.2, 0.25) is 0 Å². The third-order valence-electron chi connectivity index (χ3n) is 3.92. The molecule has 0 bridgehead atoms. The quantitative estimate of drug-likeness (QED) is 0.736. The van der Waals surface area contributed by atoms with Gasteiger partial charge in [0, 0.05) is 13.0 Å². The molecule has 1 aliphatic carbocycles. The van der Waals surface area contributed by atoms with E-state index in [1.54, 1.807) is 0 Å². The van der Waals surface area contributed by atoms with Crippen molar-refractivity contribution in [2.75, 3.05) is 6.61 Å². The molecule has 0 aromatic rings. The van der Waals surface area contributed by atoms with Crippen LogP contribution in [-0.2, 0) is 9.47 Å². The number of hydrogen-bond acceptors (Lipinski definition) is 2. The Kier molecular flexibility index (Phi) is 4.27. The van der Waals surface area contributed by atoms with Crippen molar-refractivity contribution >= 4 is 0 Å². The maximum atomic E-state index is 5.69. The van der Waals surface area contributed by atoms with Crippen LogP contribution in [0.2, 0.25) is 0 Å². The van der Waals surface area contributed by atoms with Crippen LogP contribution < -0.4 is 0 Å². The fraction of sp³-hybridized carbons (Fsp3) is 0.733. The Hall–Kier alpha value is -0.760. The van der Waals surface area contributed by atoms with Crippen LogP contribution in [-0.4, -0.2) is 12.9 Å². The molecule has 3 atom stereocenters. The van der Waals surface area contributed by atoms with Crippen LogP contribution >= 0.6 is 0 Å². The summed E-state index contributed by atoms with van der Waals surface area (Å²) in [6.07, 6.45) is 8.93. The third-order valence-corrected chi connectivity index (χ3v) is 3.92. The Balaban J connectivity index is 2.15. The fourth-order valence-corrected chi connectivity index (χ4v) is 2.97. The van der Waals surface area contributed by atoms with Crippen LogP contribution in [0.5, 0.6) is 0 Å². The SMILES string of the molecule is CC/C=C1\CC[C@@H](C)[C@H]2C[C@@H](OCC)OC=C12. The molecule has 96 valence electrons. The van der Waals surface area contributed by atoms with Crippen molar-refractivity contribution in [3.05, 3.63) is 23.5 Å². The van der Waals surface area contributed by atoms with Gasteiger partial charge in [-0.15, -0.1) is 0 Å². The van der Waals surface area contributed by atoms with E-state index >= 15 is 0 Å². The maximum absolute atomic E-state index is 5.69. The number of rotatable bonds is 3. The minimum atomic E-state index is -0.0304. The van der Waals surface area contributed by atoms with E-state index in [9.17, 15) is 0 Å². The van der Waals surface area contributed by atoms with Crippen molar-refractivity contribution in [2.45, 2.75) is 52.7 Å². The number of allylic oxidation sites excluding steroid dienone is 3. The van der Waals surface area contributed by atoms with Gasteiger partial charge in [0.25, 0.3) is 0 Å². The predicted molar refractivity (Wildman–Crippen MR) is 69.5 cm³/mol. The minimum absolute atomic E-state index is 0.0304. The predicted octanol–water partition coefficient (Wildman–Crippen LogP) is 4.04. The number of fused-ring (bicyclic) bond motifs is 1. The molecule has 0 aromatic carbocycles. The van der Waals surface area contributed by atoms with Gasteiger partial charge in [-0.25, -0.2) is 0 Å². The zero-order chi connectivity index (χ0) is 12.3. The second kappa shape index (κ2) is 5.72. The van der Waals surface area contributed by atoms with Gasteiger partial charge in [-0.3, -0.25) is 0 Å². The van der Waals surface area contributed by atoms with Gasteiger partial charge in [-0.05, 0) is 49.2 Å². The standard InChI is InChI=1S/C15H24O2/c1-4-6-12-8-7-11(3)13-9-15(16-5-2)17-10-14(12)13/h6,10-11,13,15H,4-5,7-9H2,1-3H3/b12-6+/t11-,13-,15+/m1/s1. The van der Waals surface area contributed by atoms with Gasteiger partial charge in [0.15, 0.2) is 6.29 Å². The Labute approximate surface area is 105 Å². The minimum Gasteiger partial charge on any atom is -0.472 e. The Morgan fingerprint density at radius 2 is 2.29 bits per heavy atom. The summed E-state index contributed by atoms with van der Waals surface area (Å²) in [6, 6.07) is 0. The lowest BCUT2D eigenvalue weighted by atomic mass is 9.72. The van der Waals surface area contributed by atoms with E-state index in [1.165, 1.54) is 24.0 Å². The molecule has 1 aliphatic heterocycles. The van der Waals surface area contributed by atoms with Crippen LogP contribution in [0.25, 0.3) is 0 Å². The van der Waals surface area contributed by atoms with E-state index in [0.717, 1.165) is 25.4 Å². The lowest BCUT2D eigenvalue weighted by molar-refractivity contribution is -0.125. The summed E-state index contributed by atoms with van der Waals surface area (Å²) in [5.74, 6) is 1.38. The van der Waals surface area contributed by atoms with E-state index in [2.05, 4.69) is 19.9 Å². The van der Waals surface area contributed by atoms with Crippen molar-refractivity contribution in [3.8, 4) is 0 Å². The smallest absolute Gasteiger partial charge is 0.199 e.